The molecule has 0 aromatic carbocycles. The molecule has 0 bridgehead atoms. The molecule has 0 aliphatic carbocycles. The van der Waals surface area contributed by atoms with E-state index in [4.69, 9.17) is 11.6 Å². The highest BCUT2D eigenvalue weighted by Gasteiger charge is 2.53. The van der Waals surface area contributed by atoms with Crippen molar-refractivity contribution < 1.29 is 18.3 Å². The van der Waals surface area contributed by atoms with Gasteiger partial charge in [-0.3, -0.25) is 0 Å². The van der Waals surface area contributed by atoms with E-state index in [2.05, 4.69) is 15.3 Å². The fraction of sp³-hybridized carbons (Fsp3) is 0.444. The van der Waals surface area contributed by atoms with Gasteiger partial charge in [-0.2, -0.15) is 4.31 Å². The Hall–Kier alpha value is -1.45. The van der Waals surface area contributed by atoms with Crippen LogP contribution in [0.5, 0.6) is 0 Å². The first kappa shape index (κ1) is 14.0. The lowest BCUT2D eigenvalue weighted by molar-refractivity contribution is -0.146. The van der Waals surface area contributed by atoms with Crippen LogP contribution in [0, 0.1) is 0 Å². The summed E-state index contributed by atoms with van der Waals surface area (Å²) in [6.07, 6.45) is 2.40. The number of aliphatic carboxylic acids is 1. The zero-order chi connectivity index (χ0) is 14.3. The van der Waals surface area contributed by atoms with E-state index in [1.54, 1.807) is 0 Å². The van der Waals surface area contributed by atoms with E-state index >= 15 is 0 Å². The monoisotopic (exact) mass is 306 g/mol. The van der Waals surface area contributed by atoms with Crippen molar-refractivity contribution in [2.75, 3.05) is 24.7 Å². The van der Waals surface area contributed by atoms with Crippen LogP contribution in [0.25, 0.3) is 0 Å². The summed E-state index contributed by atoms with van der Waals surface area (Å²) in [5, 5.41) is 11.9. The van der Waals surface area contributed by atoms with E-state index < -0.39 is 21.5 Å². The van der Waals surface area contributed by atoms with E-state index in [0.717, 1.165) is 10.6 Å². The second-order valence-corrected chi connectivity index (χ2v) is 6.57. The molecular weight excluding hydrogens is 296 g/mol. The molecule has 104 valence electrons. The molecule has 1 aliphatic heterocycles. The van der Waals surface area contributed by atoms with Crippen LogP contribution < -0.4 is 5.32 Å². The Kier molecular flexibility index (Phi) is 3.37. The Labute approximate surface area is 114 Å². The lowest BCUT2D eigenvalue weighted by Gasteiger charge is -2.45. The summed E-state index contributed by atoms with van der Waals surface area (Å²) in [6.45, 7) is -0.328. The highest BCUT2D eigenvalue weighted by molar-refractivity contribution is 7.88. The SMILES string of the molecule is CS(=O)(=O)N1CC(Nc2ccnc(Cl)n2)(C(=O)O)C1. The Balaban J connectivity index is 2.18. The summed E-state index contributed by atoms with van der Waals surface area (Å²) in [7, 11) is -3.40. The Morgan fingerprint density at radius 2 is 2.21 bits per heavy atom. The van der Waals surface area contributed by atoms with Crippen LogP contribution in [0.2, 0.25) is 5.28 Å². The molecule has 1 aliphatic rings. The van der Waals surface area contributed by atoms with Gasteiger partial charge in [-0.25, -0.2) is 23.2 Å². The zero-order valence-corrected chi connectivity index (χ0v) is 11.4. The van der Waals surface area contributed by atoms with Crippen LogP contribution in [0.3, 0.4) is 0 Å². The van der Waals surface area contributed by atoms with Gasteiger partial charge in [0.05, 0.1) is 6.26 Å². The van der Waals surface area contributed by atoms with Crippen molar-refractivity contribution in [2.45, 2.75) is 5.54 Å². The minimum atomic E-state index is -3.40. The summed E-state index contributed by atoms with van der Waals surface area (Å²) in [4.78, 5) is 18.8. The van der Waals surface area contributed by atoms with Crippen LogP contribution in [0.1, 0.15) is 0 Å². The molecule has 1 aromatic heterocycles. The molecule has 2 N–H and O–H groups in total. The Morgan fingerprint density at radius 3 is 2.68 bits per heavy atom. The van der Waals surface area contributed by atoms with Crippen molar-refractivity contribution in [1.82, 2.24) is 14.3 Å². The van der Waals surface area contributed by atoms with Crippen LogP contribution in [0.4, 0.5) is 5.82 Å². The second kappa shape index (κ2) is 4.58. The number of hydrogen-bond acceptors (Lipinski definition) is 6. The number of carboxylic acid groups (broad SMARTS) is 1. The average molecular weight is 307 g/mol. The molecular formula is C9H11ClN4O4S. The van der Waals surface area contributed by atoms with Crippen molar-refractivity contribution in [1.29, 1.82) is 0 Å². The summed E-state index contributed by atoms with van der Waals surface area (Å²) in [5.74, 6) is -0.919. The molecule has 1 fully saturated rings. The second-order valence-electron chi connectivity index (χ2n) is 4.25. The Bertz CT molecular complexity index is 614. The predicted octanol–water partition coefficient (Wildman–Crippen LogP) is -0.360. The van der Waals surface area contributed by atoms with Crippen LogP contribution in [-0.2, 0) is 14.8 Å². The van der Waals surface area contributed by atoms with Gasteiger partial charge in [-0.15, -0.1) is 0 Å². The van der Waals surface area contributed by atoms with E-state index in [1.807, 2.05) is 0 Å². The van der Waals surface area contributed by atoms with Gasteiger partial charge >= 0.3 is 5.97 Å². The summed E-state index contributed by atoms with van der Waals surface area (Å²) >= 11 is 5.60. The lowest BCUT2D eigenvalue weighted by Crippen LogP contribution is -2.71. The van der Waals surface area contributed by atoms with Crippen molar-refractivity contribution in [2.24, 2.45) is 0 Å². The number of hydrogen-bond donors (Lipinski definition) is 2. The third-order valence-electron chi connectivity index (χ3n) is 2.76. The van der Waals surface area contributed by atoms with Crippen molar-refractivity contribution in [3.05, 3.63) is 17.5 Å². The van der Waals surface area contributed by atoms with Gasteiger partial charge in [0, 0.05) is 19.3 Å². The number of carbonyl (C=O) groups is 1. The number of rotatable bonds is 4. The van der Waals surface area contributed by atoms with Gasteiger partial charge < -0.3 is 10.4 Å². The van der Waals surface area contributed by atoms with E-state index in [9.17, 15) is 18.3 Å². The smallest absolute Gasteiger partial charge is 0.332 e. The van der Waals surface area contributed by atoms with Gasteiger partial charge in [0.25, 0.3) is 0 Å². The van der Waals surface area contributed by atoms with Gasteiger partial charge in [0.1, 0.15) is 5.82 Å². The fourth-order valence-electron chi connectivity index (χ4n) is 1.71. The number of anilines is 1. The average Bonchev–Trinajstić information content (AvgIpc) is 2.20. The van der Waals surface area contributed by atoms with Crippen molar-refractivity contribution >= 4 is 33.4 Å². The molecule has 8 nitrogen and oxygen atoms in total. The third kappa shape index (κ3) is 2.77. The van der Waals surface area contributed by atoms with Gasteiger partial charge in [0.2, 0.25) is 15.3 Å². The molecule has 0 amide bonds. The number of carboxylic acids is 1. The van der Waals surface area contributed by atoms with Crippen molar-refractivity contribution in [3.63, 3.8) is 0 Å². The summed E-state index contributed by atoms with van der Waals surface area (Å²) in [5.41, 5.74) is -1.39. The molecule has 0 unspecified atom stereocenters. The van der Waals surface area contributed by atoms with Gasteiger partial charge in [-0.05, 0) is 17.7 Å². The maximum Gasteiger partial charge on any atom is 0.332 e. The maximum atomic E-state index is 11.3. The number of halogens is 1. The van der Waals surface area contributed by atoms with Gasteiger partial charge in [-0.1, -0.05) is 0 Å². The molecule has 0 atom stereocenters. The third-order valence-corrected chi connectivity index (χ3v) is 4.14. The molecule has 0 saturated carbocycles. The maximum absolute atomic E-state index is 11.3. The minimum Gasteiger partial charge on any atom is -0.479 e. The first-order valence-electron chi connectivity index (χ1n) is 5.18. The highest BCUT2D eigenvalue weighted by atomic mass is 35.5. The first-order chi connectivity index (χ1) is 8.73. The minimum absolute atomic E-state index is 0.0233. The van der Waals surface area contributed by atoms with Crippen LogP contribution in [0.15, 0.2) is 12.3 Å². The zero-order valence-electron chi connectivity index (χ0n) is 9.87. The first-order valence-corrected chi connectivity index (χ1v) is 7.41. The molecule has 10 heteroatoms. The molecule has 0 radical (unpaired) electrons. The molecule has 1 aromatic rings. The molecule has 2 heterocycles. The highest BCUT2D eigenvalue weighted by Crippen LogP contribution is 2.27. The quantitative estimate of drug-likeness (QED) is 0.730. The number of sulfonamides is 1. The fourth-order valence-corrected chi connectivity index (χ4v) is 2.76. The van der Waals surface area contributed by atoms with E-state index in [1.165, 1.54) is 12.3 Å². The number of nitrogens with zero attached hydrogens (tertiary/aromatic N) is 3. The standard InChI is InChI=1S/C9H11ClN4O4S/c1-19(17,18)14-4-9(5-14,7(15)16)13-6-2-3-11-8(10)12-6/h2-3H,4-5H2,1H3,(H,15,16)(H,11,12,13). The number of nitrogens with one attached hydrogen (secondary N) is 1. The van der Waals surface area contributed by atoms with Crippen LogP contribution in [-0.4, -0.2) is 58.7 Å². The summed E-state index contributed by atoms with van der Waals surface area (Å²) in [6, 6.07) is 1.46. The molecule has 2 rings (SSSR count). The van der Waals surface area contributed by atoms with E-state index in [0.29, 0.717) is 0 Å². The molecule has 19 heavy (non-hydrogen) atoms. The van der Waals surface area contributed by atoms with Gasteiger partial charge in [0.15, 0.2) is 5.54 Å². The lowest BCUT2D eigenvalue weighted by atomic mass is 9.92. The largest absolute Gasteiger partial charge is 0.479 e. The number of aromatic nitrogens is 2. The summed E-state index contributed by atoms with van der Waals surface area (Å²) < 4.78 is 23.6. The van der Waals surface area contributed by atoms with Crippen LogP contribution >= 0.6 is 11.6 Å². The molecule has 1 saturated heterocycles. The topological polar surface area (TPSA) is 112 Å². The normalized spacial score (nSPS) is 18.6. The Morgan fingerprint density at radius 1 is 1.58 bits per heavy atom. The predicted molar refractivity (Wildman–Crippen MR) is 67.4 cm³/mol. The molecule has 0 spiro atoms. The van der Waals surface area contributed by atoms with Crippen molar-refractivity contribution in [3.8, 4) is 0 Å². The van der Waals surface area contributed by atoms with E-state index in [-0.39, 0.29) is 24.2 Å².